The van der Waals surface area contributed by atoms with Gasteiger partial charge in [0.15, 0.2) is 0 Å². The highest BCUT2D eigenvalue weighted by Gasteiger charge is 2.35. The Hall–Kier alpha value is -3.53. The van der Waals surface area contributed by atoms with E-state index in [1.807, 2.05) is 0 Å². The van der Waals surface area contributed by atoms with Crippen LogP contribution in [0.25, 0.3) is 0 Å². The van der Waals surface area contributed by atoms with Crippen LogP contribution in [0.5, 0.6) is 28.7 Å². The molecule has 1 heterocycles. The van der Waals surface area contributed by atoms with Gasteiger partial charge in [0.25, 0.3) is 0 Å². The van der Waals surface area contributed by atoms with Crippen LogP contribution in [0.2, 0.25) is 0 Å². The minimum absolute atomic E-state index is 0.0318. The van der Waals surface area contributed by atoms with Gasteiger partial charge < -0.3 is 29.8 Å². The van der Waals surface area contributed by atoms with E-state index in [4.69, 9.17) is 24.7 Å². The first-order valence-electron chi connectivity index (χ1n) is 7.74. The first kappa shape index (κ1) is 17.3. The van der Waals surface area contributed by atoms with Gasteiger partial charge in [0.2, 0.25) is 5.88 Å². The smallest absolute Gasteiger partial charge is 0.205 e. The molecule has 7 nitrogen and oxygen atoms in total. The monoisotopic (exact) mass is 354 g/mol. The summed E-state index contributed by atoms with van der Waals surface area (Å²) in [6.07, 6.45) is 0. The second-order valence-corrected chi connectivity index (χ2v) is 5.59. The van der Waals surface area contributed by atoms with Crippen LogP contribution in [0.15, 0.2) is 41.8 Å². The molecular weight excluding hydrogens is 336 g/mol. The fraction of sp³-hybridized carbons (Fsp3) is 0.211. The van der Waals surface area contributed by atoms with Gasteiger partial charge in [0, 0.05) is 29.3 Å². The zero-order valence-electron chi connectivity index (χ0n) is 14.6. The fourth-order valence-corrected chi connectivity index (χ4v) is 3.06. The number of hydrogen-bond donors (Lipinski definition) is 2. The largest absolute Gasteiger partial charge is 0.508 e. The van der Waals surface area contributed by atoms with Crippen molar-refractivity contribution in [2.24, 2.45) is 5.73 Å². The quantitative estimate of drug-likeness (QED) is 0.869. The zero-order valence-corrected chi connectivity index (χ0v) is 14.6. The summed E-state index contributed by atoms with van der Waals surface area (Å²) in [6, 6.07) is 10.2. The third kappa shape index (κ3) is 2.71. The third-order valence-electron chi connectivity index (χ3n) is 4.24. The number of nitrogens with two attached hydrogens (primary N) is 1. The Balaban J connectivity index is 2.33. The van der Waals surface area contributed by atoms with E-state index in [1.54, 1.807) is 25.3 Å². The Bertz CT molecular complexity index is 905. The number of rotatable bonds is 4. The summed E-state index contributed by atoms with van der Waals surface area (Å²) in [7, 11) is 4.58. The first-order chi connectivity index (χ1) is 12.5. The average Bonchev–Trinajstić information content (AvgIpc) is 2.65. The molecule has 7 heteroatoms. The average molecular weight is 354 g/mol. The van der Waals surface area contributed by atoms with Crippen molar-refractivity contribution in [3.8, 4) is 34.8 Å². The van der Waals surface area contributed by atoms with Crippen LogP contribution < -0.4 is 24.7 Å². The molecule has 0 unspecified atom stereocenters. The number of ether oxygens (including phenoxy) is 4. The minimum Gasteiger partial charge on any atom is -0.508 e. The Labute approximate surface area is 150 Å². The summed E-state index contributed by atoms with van der Waals surface area (Å²) >= 11 is 0. The third-order valence-corrected chi connectivity index (χ3v) is 4.24. The van der Waals surface area contributed by atoms with Crippen molar-refractivity contribution >= 4 is 0 Å². The maximum atomic E-state index is 9.76. The number of fused-ring (bicyclic) bond motifs is 1. The van der Waals surface area contributed by atoms with Gasteiger partial charge in [-0.3, -0.25) is 0 Å². The number of nitriles is 1. The van der Waals surface area contributed by atoms with Crippen molar-refractivity contribution in [3.05, 3.63) is 52.9 Å². The fourth-order valence-electron chi connectivity index (χ4n) is 3.06. The van der Waals surface area contributed by atoms with Gasteiger partial charge in [-0.05, 0) is 6.07 Å². The molecule has 0 spiro atoms. The Kier molecular flexibility index (Phi) is 4.50. The highest BCUT2D eigenvalue weighted by molar-refractivity contribution is 5.64. The highest BCUT2D eigenvalue weighted by atomic mass is 16.5. The minimum atomic E-state index is -0.583. The molecule has 3 N–H and O–H groups in total. The van der Waals surface area contributed by atoms with Gasteiger partial charge >= 0.3 is 0 Å². The first-order valence-corrected chi connectivity index (χ1v) is 7.74. The number of nitrogens with zero attached hydrogens (tertiary/aromatic N) is 1. The molecule has 1 aliphatic rings. The summed E-state index contributed by atoms with van der Waals surface area (Å²) in [4.78, 5) is 0. The van der Waals surface area contributed by atoms with E-state index < -0.39 is 5.92 Å². The van der Waals surface area contributed by atoms with Crippen molar-refractivity contribution in [2.45, 2.75) is 5.92 Å². The number of aromatic hydroxyl groups is 1. The lowest BCUT2D eigenvalue weighted by Crippen LogP contribution is -2.21. The Morgan fingerprint density at radius 2 is 1.73 bits per heavy atom. The van der Waals surface area contributed by atoms with Crippen LogP contribution in [0.4, 0.5) is 0 Å². The summed E-state index contributed by atoms with van der Waals surface area (Å²) in [5.74, 6) is 1.29. The molecular formula is C19H18N2O5. The van der Waals surface area contributed by atoms with Gasteiger partial charge in [-0.15, -0.1) is 0 Å². The number of phenols is 1. The SMILES string of the molecule is COc1cc(OC)c([C@@H]2C(C#N)=C(N)Oc3cc(O)ccc32)c(OC)c1. The molecule has 2 aromatic rings. The lowest BCUT2D eigenvalue weighted by Gasteiger charge is -2.28. The van der Waals surface area contributed by atoms with Gasteiger partial charge in [0.1, 0.15) is 40.4 Å². The summed E-state index contributed by atoms with van der Waals surface area (Å²) < 4.78 is 21.9. The molecule has 0 saturated heterocycles. The standard InChI is InChI=1S/C19H18N2O5/c1-23-11-7-15(24-2)18(16(8-11)25-3)17-12-5-4-10(22)6-14(12)26-19(21)13(17)9-20/h4-8,17,22H,21H2,1-3H3/t17-/m0/s1. The molecule has 0 bridgehead atoms. The molecule has 0 amide bonds. The van der Waals surface area contributed by atoms with Crippen molar-refractivity contribution < 1.29 is 24.1 Å². The highest BCUT2D eigenvalue weighted by Crippen LogP contribution is 2.50. The molecule has 0 fully saturated rings. The van der Waals surface area contributed by atoms with E-state index in [2.05, 4.69) is 6.07 Å². The number of benzene rings is 2. The van der Waals surface area contributed by atoms with Crippen molar-refractivity contribution in [1.29, 1.82) is 5.26 Å². The molecule has 0 saturated carbocycles. The predicted octanol–water partition coefficient (Wildman–Crippen LogP) is 2.64. The van der Waals surface area contributed by atoms with Crippen LogP contribution in [0, 0.1) is 11.3 Å². The number of phenolic OH excluding ortho intramolecular Hbond substituents is 1. The Morgan fingerprint density at radius 3 is 2.27 bits per heavy atom. The van der Waals surface area contributed by atoms with Gasteiger partial charge in [0.05, 0.1) is 27.2 Å². The second kappa shape index (κ2) is 6.76. The lowest BCUT2D eigenvalue weighted by molar-refractivity contribution is 0.361. The molecule has 3 rings (SSSR count). The van der Waals surface area contributed by atoms with Gasteiger partial charge in [-0.25, -0.2) is 0 Å². The van der Waals surface area contributed by atoms with Crippen LogP contribution in [-0.2, 0) is 0 Å². The topological polar surface area (TPSA) is 107 Å². The number of hydrogen-bond acceptors (Lipinski definition) is 7. The van der Waals surface area contributed by atoms with Crippen LogP contribution in [0.3, 0.4) is 0 Å². The lowest BCUT2D eigenvalue weighted by atomic mass is 9.82. The van der Waals surface area contributed by atoms with E-state index in [0.29, 0.717) is 34.1 Å². The molecule has 1 aliphatic heterocycles. The molecule has 1 atom stereocenters. The van der Waals surface area contributed by atoms with Crippen LogP contribution in [0.1, 0.15) is 17.0 Å². The molecule has 0 aromatic heterocycles. The molecule has 0 radical (unpaired) electrons. The van der Waals surface area contributed by atoms with E-state index in [1.165, 1.54) is 26.4 Å². The summed E-state index contributed by atoms with van der Waals surface area (Å²) in [5.41, 5.74) is 7.47. The predicted molar refractivity (Wildman–Crippen MR) is 93.5 cm³/mol. The Morgan fingerprint density at radius 1 is 1.08 bits per heavy atom. The van der Waals surface area contributed by atoms with Gasteiger partial charge in [-0.2, -0.15) is 5.26 Å². The number of allylic oxidation sites excluding steroid dienone is 1. The second-order valence-electron chi connectivity index (χ2n) is 5.59. The number of methoxy groups -OCH3 is 3. The zero-order chi connectivity index (χ0) is 18.8. The normalized spacial score (nSPS) is 15.5. The van der Waals surface area contributed by atoms with Crippen molar-refractivity contribution in [2.75, 3.05) is 21.3 Å². The summed E-state index contributed by atoms with van der Waals surface area (Å²) in [6.45, 7) is 0. The summed E-state index contributed by atoms with van der Waals surface area (Å²) in [5, 5.41) is 19.4. The van der Waals surface area contributed by atoms with E-state index in [-0.39, 0.29) is 17.2 Å². The van der Waals surface area contributed by atoms with E-state index in [0.717, 1.165) is 0 Å². The molecule has 0 aliphatic carbocycles. The van der Waals surface area contributed by atoms with Gasteiger partial charge in [-0.1, -0.05) is 6.07 Å². The molecule has 26 heavy (non-hydrogen) atoms. The maximum Gasteiger partial charge on any atom is 0.205 e. The van der Waals surface area contributed by atoms with Crippen LogP contribution >= 0.6 is 0 Å². The van der Waals surface area contributed by atoms with Crippen molar-refractivity contribution in [3.63, 3.8) is 0 Å². The van der Waals surface area contributed by atoms with E-state index in [9.17, 15) is 10.4 Å². The van der Waals surface area contributed by atoms with Crippen LogP contribution in [-0.4, -0.2) is 26.4 Å². The molecule has 2 aromatic carbocycles. The molecule has 134 valence electrons. The van der Waals surface area contributed by atoms with E-state index >= 15 is 0 Å². The van der Waals surface area contributed by atoms with Crippen molar-refractivity contribution in [1.82, 2.24) is 0 Å². The maximum absolute atomic E-state index is 9.76.